The molecule has 3 atom stereocenters. The second-order valence-corrected chi connectivity index (χ2v) is 5.56. The molecule has 16 heavy (non-hydrogen) atoms. The highest BCUT2D eigenvalue weighted by Gasteiger charge is 2.31. The second-order valence-electron chi connectivity index (χ2n) is 5.56. The maximum Gasteiger partial charge on any atom is 0.0238 e. The summed E-state index contributed by atoms with van der Waals surface area (Å²) in [5.74, 6) is 0. The van der Waals surface area contributed by atoms with Crippen molar-refractivity contribution in [1.29, 1.82) is 0 Å². The summed E-state index contributed by atoms with van der Waals surface area (Å²) in [5.41, 5.74) is 0. The van der Waals surface area contributed by atoms with E-state index in [0.29, 0.717) is 0 Å². The van der Waals surface area contributed by atoms with Gasteiger partial charge in [0.25, 0.3) is 0 Å². The van der Waals surface area contributed by atoms with E-state index in [9.17, 15) is 0 Å². The van der Waals surface area contributed by atoms with Gasteiger partial charge in [-0.3, -0.25) is 4.90 Å². The van der Waals surface area contributed by atoms with E-state index in [1.807, 2.05) is 0 Å². The minimum Gasteiger partial charge on any atom is -0.313 e. The van der Waals surface area contributed by atoms with Gasteiger partial charge < -0.3 is 10.2 Å². The van der Waals surface area contributed by atoms with Crippen molar-refractivity contribution in [3.8, 4) is 0 Å². The van der Waals surface area contributed by atoms with Gasteiger partial charge in [-0.15, -0.1) is 0 Å². The molecule has 0 radical (unpaired) electrons. The van der Waals surface area contributed by atoms with Gasteiger partial charge in [-0.25, -0.2) is 0 Å². The lowest BCUT2D eigenvalue weighted by molar-refractivity contribution is 0.191. The van der Waals surface area contributed by atoms with Crippen molar-refractivity contribution >= 4 is 0 Å². The third-order valence-electron chi connectivity index (χ3n) is 4.40. The molecule has 0 bridgehead atoms. The molecule has 94 valence electrons. The molecule has 2 fully saturated rings. The Morgan fingerprint density at radius 1 is 1.44 bits per heavy atom. The van der Waals surface area contributed by atoms with Crippen molar-refractivity contribution in [2.45, 2.75) is 51.2 Å². The Balaban J connectivity index is 1.84. The fourth-order valence-electron chi connectivity index (χ4n) is 3.16. The SMILES string of the molecule is CCN(CC1CCCN1)C1CC(C)N(C)C1. The summed E-state index contributed by atoms with van der Waals surface area (Å²) >= 11 is 0. The zero-order valence-electron chi connectivity index (χ0n) is 11.1. The molecular weight excluding hydrogens is 198 g/mol. The highest BCUT2D eigenvalue weighted by molar-refractivity contribution is 4.89. The van der Waals surface area contributed by atoms with Gasteiger partial charge >= 0.3 is 0 Å². The number of nitrogens with one attached hydrogen (secondary N) is 1. The van der Waals surface area contributed by atoms with Gasteiger partial charge in [-0.05, 0) is 46.3 Å². The summed E-state index contributed by atoms with van der Waals surface area (Å²) in [6.07, 6.45) is 4.08. The Kier molecular flexibility index (Phi) is 4.22. The van der Waals surface area contributed by atoms with Crippen molar-refractivity contribution in [3.05, 3.63) is 0 Å². The van der Waals surface area contributed by atoms with Crippen LogP contribution in [-0.4, -0.2) is 61.2 Å². The van der Waals surface area contributed by atoms with Crippen LogP contribution in [0.25, 0.3) is 0 Å². The average molecular weight is 225 g/mol. The average Bonchev–Trinajstić information content (AvgIpc) is 2.86. The lowest BCUT2D eigenvalue weighted by Crippen LogP contribution is -2.44. The van der Waals surface area contributed by atoms with Crippen LogP contribution in [0.1, 0.15) is 33.1 Å². The normalized spacial score (nSPS) is 36.4. The molecule has 0 spiro atoms. The maximum absolute atomic E-state index is 3.61. The van der Waals surface area contributed by atoms with E-state index < -0.39 is 0 Å². The highest BCUT2D eigenvalue weighted by Crippen LogP contribution is 2.21. The molecule has 0 aliphatic carbocycles. The molecule has 1 N–H and O–H groups in total. The van der Waals surface area contributed by atoms with E-state index in [1.54, 1.807) is 0 Å². The second kappa shape index (κ2) is 5.48. The molecule has 3 nitrogen and oxygen atoms in total. The molecule has 0 aromatic carbocycles. The monoisotopic (exact) mass is 225 g/mol. The number of likely N-dealkylation sites (tertiary alicyclic amines) is 1. The predicted octanol–water partition coefficient (Wildman–Crippen LogP) is 1.15. The zero-order valence-corrected chi connectivity index (χ0v) is 11.1. The van der Waals surface area contributed by atoms with Crippen LogP contribution in [0.3, 0.4) is 0 Å². The van der Waals surface area contributed by atoms with Gasteiger partial charge in [0.2, 0.25) is 0 Å². The first-order valence-corrected chi connectivity index (χ1v) is 6.88. The minimum absolute atomic E-state index is 0.751. The third kappa shape index (κ3) is 2.76. The van der Waals surface area contributed by atoms with Crippen LogP contribution in [0, 0.1) is 0 Å². The molecule has 3 unspecified atom stereocenters. The van der Waals surface area contributed by atoms with Crippen molar-refractivity contribution in [2.75, 3.05) is 33.2 Å². The smallest absolute Gasteiger partial charge is 0.0238 e. The molecule has 2 aliphatic rings. The first-order valence-electron chi connectivity index (χ1n) is 6.88. The van der Waals surface area contributed by atoms with Gasteiger partial charge in [0.05, 0.1) is 0 Å². The molecule has 2 rings (SSSR count). The Bertz CT molecular complexity index is 203. The molecule has 2 heterocycles. The standard InChI is InChI=1S/C13H27N3/c1-4-16(9-12-6-5-7-14-12)13-8-11(2)15(3)10-13/h11-14H,4-10H2,1-3H3. The van der Waals surface area contributed by atoms with Crippen LogP contribution in [-0.2, 0) is 0 Å². The molecule has 2 saturated heterocycles. The van der Waals surface area contributed by atoms with E-state index in [0.717, 1.165) is 18.1 Å². The van der Waals surface area contributed by atoms with E-state index in [-0.39, 0.29) is 0 Å². The molecule has 0 aromatic heterocycles. The molecule has 3 heteroatoms. The van der Waals surface area contributed by atoms with Gasteiger partial charge in [-0.1, -0.05) is 6.92 Å². The maximum atomic E-state index is 3.61. The number of hydrogen-bond donors (Lipinski definition) is 1. The van der Waals surface area contributed by atoms with Crippen LogP contribution < -0.4 is 5.32 Å². The van der Waals surface area contributed by atoms with Crippen LogP contribution in [0.15, 0.2) is 0 Å². The van der Waals surface area contributed by atoms with Gasteiger partial charge in [0.15, 0.2) is 0 Å². The fraction of sp³-hybridized carbons (Fsp3) is 1.00. The van der Waals surface area contributed by atoms with Gasteiger partial charge in [0.1, 0.15) is 0 Å². The molecule has 0 aromatic rings. The van der Waals surface area contributed by atoms with E-state index in [4.69, 9.17) is 0 Å². The first-order chi connectivity index (χ1) is 7.70. The topological polar surface area (TPSA) is 18.5 Å². The molecular formula is C13H27N3. The van der Waals surface area contributed by atoms with Gasteiger partial charge in [0, 0.05) is 31.2 Å². The van der Waals surface area contributed by atoms with Crippen LogP contribution in [0.2, 0.25) is 0 Å². The number of nitrogens with zero attached hydrogens (tertiary/aromatic N) is 2. The fourth-order valence-corrected chi connectivity index (χ4v) is 3.16. The summed E-state index contributed by atoms with van der Waals surface area (Å²) in [6, 6.07) is 2.30. The van der Waals surface area contributed by atoms with Crippen LogP contribution in [0.4, 0.5) is 0 Å². The summed E-state index contributed by atoms with van der Waals surface area (Å²) in [6.45, 7) is 9.58. The zero-order chi connectivity index (χ0) is 11.5. The van der Waals surface area contributed by atoms with Crippen LogP contribution in [0.5, 0.6) is 0 Å². The summed E-state index contributed by atoms with van der Waals surface area (Å²) in [4.78, 5) is 5.18. The number of rotatable bonds is 4. The summed E-state index contributed by atoms with van der Waals surface area (Å²) in [5, 5.41) is 3.61. The number of likely N-dealkylation sites (N-methyl/N-ethyl adjacent to an activating group) is 2. The van der Waals surface area contributed by atoms with Gasteiger partial charge in [-0.2, -0.15) is 0 Å². The Labute approximate surface area is 100 Å². The van der Waals surface area contributed by atoms with Crippen LogP contribution >= 0.6 is 0 Å². The van der Waals surface area contributed by atoms with Crippen molar-refractivity contribution < 1.29 is 0 Å². The lowest BCUT2D eigenvalue weighted by Gasteiger charge is -2.30. The third-order valence-corrected chi connectivity index (χ3v) is 4.40. The van der Waals surface area contributed by atoms with Crippen molar-refractivity contribution in [2.24, 2.45) is 0 Å². The van der Waals surface area contributed by atoms with Crippen molar-refractivity contribution in [1.82, 2.24) is 15.1 Å². The van der Waals surface area contributed by atoms with E-state index >= 15 is 0 Å². The largest absolute Gasteiger partial charge is 0.313 e. The van der Waals surface area contributed by atoms with Crippen molar-refractivity contribution in [3.63, 3.8) is 0 Å². The molecule has 0 saturated carbocycles. The number of hydrogen-bond acceptors (Lipinski definition) is 3. The quantitative estimate of drug-likeness (QED) is 0.774. The minimum atomic E-state index is 0.751. The lowest BCUT2D eigenvalue weighted by atomic mass is 10.1. The predicted molar refractivity (Wildman–Crippen MR) is 68.8 cm³/mol. The highest BCUT2D eigenvalue weighted by atomic mass is 15.3. The van der Waals surface area contributed by atoms with E-state index in [1.165, 1.54) is 45.4 Å². The first kappa shape index (κ1) is 12.3. The summed E-state index contributed by atoms with van der Waals surface area (Å²) < 4.78 is 0. The Hall–Kier alpha value is -0.120. The molecule has 0 amide bonds. The Morgan fingerprint density at radius 2 is 2.25 bits per heavy atom. The Morgan fingerprint density at radius 3 is 2.75 bits per heavy atom. The van der Waals surface area contributed by atoms with E-state index in [2.05, 4.69) is 36.0 Å². The molecule has 2 aliphatic heterocycles. The summed E-state index contributed by atoms with van der Waals surface area (Å²) in [7, 11) is 2.26.